The van der Waals surface area contributed by atoms with E-state index in [9.17, 15) is 4.79 Å². The van der Waals surface area contributed by atoms with Gasteiger partial charge in [0.2, 0.25) is 0 Å². The van der Waals surface area contributed by atoms with Crippen LogP contribution in [0, 0.1) is 0 Å². The van der Waals surface area contributed by atoms with Gasteiger partial charge >= 0.3 is 5.97 Å². The van der Waals surface area contributed by atoms with E-state index in [2.05, 4.69) is 10.2 Å². The van der Waals surface area contributed by atoms with Crippen LogP contribution in [0.5, 0.6) is 0 Å². The second-order valence-corrected chi connectivity index (χ2v) is 5.18. The molecule has 1 aromatic heterocycles. The predicted molar refractivity (Wildman–Crippen MR) is 68.0 cm³/mol. The number of piperazine rings is 1. The summed E-state index contributed by atoms with van der Waals surface area (Å²) in [4.78, 5) is 15.1. The molecular formula is C12H18N2O2S. The number of ether oxygens (including phenoxy) is 1. The number of hydrogen-bond donors (Lipinski definition) is 1. The van der Waals surface area contributed by atoms with Crippen molar-refractivity contribution in [2.75, 3.05) is 26.2 Å². The summed E-state index contributed by atoms with van der Waals surface area (Å²) in [6, 6.07) is 3.80. The number of hydrogen-bond acceptors (Lipinski definition) is 5. The lowest BCUT2D eigenvalue weighted by molar-refractivity contribution is -0.150. The summed E-state index contributed by atoms with van der Waals surface area (Å²) in [5.74, 6) is -0.125. The van der Waals surface area contributed by atoms with Crippen molar-refractivity contribution < 1.29 is 9.53 Å². The topological polar surface area (TPSA) is 41.6 Å². The molecule has 1 fully saturated rings. The molecular weight excluding hydrogens is 236 g/mol. The number of carbonyl (C=O) groups is 1. The second-order valence-electron chi connectivity index (χ2n) is 4.15. The largest absolute Gasteiger partial charge is 0.459 e. The van der Waals surface area contributed by atoms with Crippen LogP contribution < -0.4 is 5.32 Å². The van der Waals surface area contributed by atoms with Crippen LogP contribution in [0.4, 0.5) is 0 Å². The smallest absolute Gasteiger partial charge is 0.323 e. The van der Waals surface area contributed by atoms with Crippen molar-refractivity contribution >= 4 is 17.3 Å². The van der Waals surface area contributed by atoms with Crippen molar-refractivity contribution in [3.63, 3.8) is 0 Å². The Labute approximate surface area is 106 Å². The first-order valence-electron chi connectivity index (χ1n) is 5.91. The molecule has 1 aliphatic rings. The highest BCUT2D eigenvalue weighted by atomic mass is 32.1. The number of nitrogens with zero attached hydrogens (tertiary/aromatic N) is 1. The summed E-state index contributed by atoms with van der Waals surface area (Å²) in [5.41, 5.74) is 0. The number of nitrogens with one attached hydrogen (secondary N) is 1. The van der Waals surface area contributed by atoms with Crippen LogP contribution in [-0.4, -0.2) is 43.1 Å². The summed E-state index contributed by atoms with van der Waals surface area (Å²) in [5, 5.41) is 5.26. The molecule has 2 heterocycles. The number of rotatable bonds is 4. The van der Waals surface area contributed by atoms with E-state index in [0.717, 1.165) is 31.1 Å². The average Bonchev–Trinajstić information content (AvgIpc) is 2.89. The van der Waals surface area contributed by atoms with E-state index >= 15 is 0 Å². The van der Waals surface area contributed by atoms with Gasteiger partial charge in [-0.05, 0) is 18.4 Å². The first kappa shape index (κ1) is 12.5. The molecule has 4 nitrogen and oxygen atoms in total. The minimum atomic E-state index is -0.142. The third-order valence-corrected chi connectivity index (χ3v) is 3.83. The van der Waals surface area contributed by atoms with Gasteiger partial charge in [-0.15, -0.1) is 11.3 Å². The second kappa shape index (κ2) is 6.14. The van der Waals surface area contributed by atoms with Gasteiger partial charge in [-0.2, -0.15) is 0 Å². The Morgan fingerprint density at radius 1 is 1.59 bits per heavy atom. The highest BCUT2D eigenvalue weighted by molar-refractivity contribution is 7.09. The maximum atomic E-state index is 11.9. The SMILES string of the molecule is CC(C(=O)OCc1cccs1)N1CCNCC1. The Bertz CT molecular complexity index is 347. The summed E-state index contributed by atoms with van der Waals surface area (Å²) in [6.45, 7) is 6.03. The zero-order valence-electron chi connectivity index (χ0n) is 10.0. The normalized spacial score (nSPS) is 18.9. The van der Waals surface area contributed by atoms with Crippen LogP contribution in [0.25, 0.3) is 0 Å². The highest BCUT2D eigenvalue weighted by Crippen LogP contribution is 2.11. The molecule has 17 heavy (non-hydrogen) atoms. The van der Waals surface area contributed by atoms with Crippen LogP contribution in [0.15, 0.2) is 17.5 Å². The molecule has 1 unspecified atom stereocenters. The molecule has 0 saturated carbocycles. The van der Waals surface area contributed by atoms with E-state index in [-0.39, 0.29) is 12.0 Å². The number of esters is 1. The first-order chi connectivity index (χ1) is 8.27. The van der Waals surface area contributed by atoms with Gasteiger partial charge in [0.15, 0.2) is 0 Å². The van der Waals surface area contributed by atoms with Crippen LogP contribution in [0.2, 0.25) is 0 Å². The summed E-state index contributed by atoms with van der Waals surface area (Å²) in [7, 11) is 0. The molecule has 0 radical (unpaired) electrons. The molecule has 1 aliphatic heterocycles. The molecule has 5 heteroatoms. The fourth-order valence-electron chi connectivity index (χ4n) is 1.88. The van der Waals surface area contributed by atoms with E-state index in [4.69, 9.17) is 4.74 Å². The van der Waals surface area contributed by atoms with E-state index in [1.807, 2.05) is 24.4 Å². The molecule has 1 N–H and O–H groups in total. The van der Waals surface area contributed by atoms with Gasteiger partial charge in [-0.25, -0.2) is 0 Å². The molecule has 1 saturated heterocycles. The Balaban J connectivity index is 1.78. The van der Waals surface area contributed by atoms with Crippen molar-refractivity contribution in [1.82, 2.24) is 10.2 Å². The van der Waals surface area contributed by atoms with Crippen molar-refractivity contribution in [3.05, 3.63) is 22.4 Å². The fraction of sp³-hybridized carbons (Fsp3) is 0.583. The molecule has 0 spiro atoms. The Morgan fingerprint density at radius 2 is 2.35 bits per heavy atom. The van der Waals surface area contributed by atoms with Crippen LogP contribution in [-0.2, 0) is 16.1 Å². The van der Waals surface area contributed by atoms with Gasteiger partial charge in [-0.1, -0.05) is 6.07 Å². The molecule has 0 aliphatic carbocycles. The van der Waals surface area contributed by atoms with E-state index in [1.165, 1.54) is 0 Å². The Kier molecular flexibility index (Phi) is 4.53. The Morgan fingerprint density at radius 3 is 3.00 bits per heavy atom. The monoisotopic (exact) mass is 254 g/mol. The maximum absolute atomic E-state index is 11.9. The minimum absolute atomic E-state index is 0.125. The maximum Gasteiger partial charge on any atom is 0.323 e. The number of carbonyl (C=O) groups excluding carboxylic acids is 1. The average molecular weight is 254 g/mol. The van der Waals surface area contributed by atoms with Gasteiger partial charge in [-0.3, -0.25) is 9.69 Å². The van der Waals surface area contributed by atoms with Crippen LogP contribution in [0.1, 0.15) is 11.8 Å². The molecule has 2 rings (SSSR count). The number of thiophene rings is 1. The third kappa shape index (κ3) is 3.52. The van der Waals surface area contributed by atoms with Gasteiger partial charge < -0.3 is 10.1 Å². The minimum Gasteiger partial charge on any atom is -0.459 e. The zero-order valence-corrected chi connectivity index (χ0v) is 10.8. The van der Waals surface area contributed by atoms with Gasteiger partial charge in [0, 0.05) is 31.1 Å². The Hall–Kier alpha value is -0.910. The summed E-state index contributed by atoms with van der Waals surface area (Å²) < 4.78 is 5.31. The van der Waals surface area contributed by atoms with Crippen molar-refractivity contribution in [3.8, 4) is 0 Å². The summed E-state index contributed by atoms with van der Waals surface area (Å²) in [6.07, 6.45) is 0. The van der Waals surface area contributed by atoms with Crippen molar-refractivity contribution in [1.29, 1.82) is 0 Å². The van der Waals surface area contributed by atoms with E-state index in [1.54, 1.807) is 11.3 Å². The van der Waals surface area contributed by atoms with Crippen molar-refractivity contribution in [2.45, 2.75) is 19.6 Å². The molecule has 1 atom stereocenters. The van der Waals surface area contributed by atoms with Gasteiger partial charge in [0.25, 0.3) is 0 Å². The lowest BCUT2D eigenvalue weighted by Crippen LogP contribution is -2.50. The molecule has 94 valence electrons. The molecule has 0 aromatic carbocycles. The molecule has 1 aromatic rings. The standard InChI is InChI=1S/C12H18N2O2S/c1-10(14-6-4-13-5-7-14)12(15)16-9-11-3-2-8-17-11/h2-3,8,10,13H,4-7,9H2,1H3. The quantitative estimate of drug-likeness (QED) is 0.817. The summed E-state index contributed by atoms with van der Waals surface area (Å²) >= 11 is 1.61. The lowest BCUT2D eigenvalue weighted by atomic mass is 10.2. The van der Waals surface area contributed by atoms with E-state index in [0.29, 0.717) is 6.61 Å². The van der Waals surface area contributed by atoms with E-state index < -0.39 is 0 Å². The van der Waals surface area contributed by atoms with Crippen LogP contribution >= 0.6 is 11.3 Å². The predicted octanol–water partition coefficient (Wildman–Crippen LogP) is 1.08. The third-order valence-electron chi connectivity index (χ3n) is 2.98. The van der Waals surface area contributed by atoms with Gasteiger partial charge in [0.05, 0.1) is 0 Å². The fourth-order valence-corrected chi connectivity index (χ4v) is 2.49. The highest BCUT2D eigenvalue weighted by Gasteiger charge is 2.23. The van der Waals surface area contributed by atoms with Crippen LogP contribution in [0.3, 0.4) is 0 Å². The van der Waals surface area contributed by atoms with Crippen molar-refractivity contribution in [2.24, 2.45) is 0 Å². The molecule has 0 amide bonds. The van der Waals surface area contributed by atoms with Gasteiger partial charge in [0.1, 0.15) is 12.6 Å². The first-order valence-corrected chi connectivity index (χ1v) is 6.79. The molecule has 0 bridgehead atoms. The zero-order chi connectivity index (χ0) is 12.1. The lowest BCUT2D eigenvalue weighted by Gasteiger charge is -2.31.